The first-order chi connectivity index (χ1) is 8.56. The van der Waals surface area contributed by atoms with Crippen LogP contribution in [-0.2, 0) is 0 Å². The van der Waals surface area contributed by atoms with Gasteiger partial charge in [0.05, 0.1) is 11.6 Å². The van der Waals surface area contributed by atoms with Crippen LogP contribution in [0.3, 0.4) is 0 Å². The van der Waals surface area contributed by atoms with Crippen LogP contribution in [0.2, 0.25) is 5.02 Å². The summed E-state index contributed by atoms with van der Waals surface area (Å²) in [6, 6.07) is 5.61. The Morgan fingerprint density at radius 1 is 1.22 bits per heavy atom. The van der Waals surface area contributed by atoms with Gasteiger partial charge in [-0.3, -0.25) is 4.79 Å². The van der Waals surface area contributed by atoms with E-state index in [-0.39, 0.29) is 11.0 Å². The van der Waals surface area contributed by atoms with Crippen molar-refractivity contribution in [2.45, 2.75) is 0 Å². The average Bonchev–Trinajstić information content (AvgIpc) is 2.29. The molecule has 0 unspecified atom stereocenters. The molecular formula is C12H6ClNO4. The van der Waals surface area contributed by atoms with E-state index < -0.39 is 16.9 Å². The SMILES string of the molecule is O=c1cc(O)c2c(=O)[nH]c3ccc(Cl)cc3c2o1. The molecule has 3 rings (SSSR count). The topological polar surface area (TPSA) is 83.3 Å². The molecule has 18 heavy (non-hydrogen) atoms. The minimum atomic E-state index is -0.730. The molecule has 0 atom stereocenters. The average molecular weight is 264 g/mol. The number of pyridine rings is 1. The van der Waals surface area contributed by atoms with Crippen LogP contribution in [0.5, 0.6) is 5.75 Å². The molecule has 5 nitrogen and oxygen atoms in total. The van der Waals surface area contributed by atoms with E-state index >= 15 is 0 Å². The second-order valence-electron chi connectivity index (χ2n) is 3.80. The Bertz CT molecular complexity index is 894. The van der Waals surface area contributed by atoms with Gasteiger partial charge in [0, 0.05) is 10.4 Å². The molecule has 0 spiro atoms. The first-order valence-corrected chi connectivity index (χ1v) is 5.42. The molecule has 0 bridgehead atoms. The van der Waals surface area contributed by atoms with Gasteiger partial charge in [0.25, 0.3) is 5.56 Å². The summed E-state index contributed by atoms with van der Waals surface area (Å²) in [6.07, 6.45) is 0. The van der Waals surface area contributed by atoms with Gasteiger partial charge in [0.1, 0.15) is 11.1 Å². The second kappa shape index (κ2) is 3.61. The Morgan fingerprint density at radius 3 is 2.78 bits per heavy atom. The van der Waals surface area contributed by atoms with E-state index in [4.69, 9.17) is 16.0 Å². The molecule has 6 heteroatoms. The summed E-state index contributed by atoms with van der Waals surface area (Å²) in [5.74, 6) is -0.413. The van der Waals surface area contributed by atoms with Gasteiger partial charge in [0.15, 0.2) is 5.58 Å². The number of fused-ring (bicyclic) bond motifs is 3. The zero-order valence-electron chi connectivity index (χ0n) is 8.86. The number of aromatic amines is 1. The molecule has 0 aliphatic rings. The number of hydrogen-bond donors (Lipinski definition) is 2. The molecule has 0 aliphatic heterocycles. The van der Waals surface area contributed by atoms with Crippen molar-refractivity contribution in [3.8, 4) is 5.75 Å². The van der Waals surface area contributed by atoms with E-state index in [0.717, 1.165) is 6.07 Å². The monoisotopic (exact) mass is 263 g/mol. The fourth-order valence-corrected chi connectivity index (χ4v) is 2.06. The lowest BCUT2D eigenvalue weighted by Crippen LogP contribution is -2.09. The Kier molecular flexibility index (Phi) is 2.18. The molecule has 0 fully saturated rings. The maximum Gasteiger partial charge on any atom is 0.339 e. The van der Waals surface area contributed by atoms with Gasteiger partial charge in [-0.05, 0) is 18.2 Å². The molecule has 2 aromatic heterocycles. The number of benzene rings is 1. The number of nitrogens with one attached hydrogen (secondary N) is 1. The van der Waals surface area contributed by atoms with Crippen LogP contribution in [0.1, 0.15) is 0 Å². The molecule has 1 aromatic carbocycles. The molecule has 0 amide bonds. The van der Waals surface area contributed by atoms with Crippen LogP contribution in [0.25, 0.3) is 21.9 Å². The van der Waals surface area contributed by atoms with E-state index in [0.29, 0.717) is 15.9 Å². The lowest BCUT2D eigenvalue weighted by Gasteiger charge is -2.03. The lowest BCUT2D eigenvalue weighted by atomic mass is 10.1. The Morgan fingerprint density at radius 2 is 2.00 bits per heavy atom. The van der Waals surface area contributed by atoms with Crippen molar-refractivity contribution in [2.75, 3.05) is 0 Å². The minimum Gasteiger partial charge on any atom is -0.507 e. The summed E-state index contributed by atoms with van der Waals surface area (Å²) in [6.45, 7) is 0. The highest BCUT2D eigenvalue weighted by atomic mass is 35.5. The molecule has 0 aliphatic carbocycles. The summed E-state index contributed by atoms with van der Waals surface area (Å²) in [5, 5.41) is 10.5. The minimum absolute atomic E-state index is 0.0289. The zero-order valence-corrected chi connectivity index (χ0v) is 9.62. The highest BCUT2D eigenvalue weighted by Crippen LogP contribution is 2.27. The largest absolute Gasteiger partial charge is 0.507 e. The first-order valence-electron chi connectivity index (χ1n) is 5.04. The van der Waals surface area contributed by atoms with Crippen LogP contribution < -0.4 is 11.2 Å². The number of halogens is 1. The number of H-pyrrole nitrogens is 1. The fourth-order valence-electron chi connectivity index (χ4n) is 1.89. The lowest BCUT2D eigenvalue weighted by molar-refractivity contribution is 0.468. The van der Waals surface area contributed by atoms with Crippen molar-refractivity contribution in [1.29, 1.82) is 0 Å². The first kappa shape index (κ1) is 10.9. The van der Waals surface area contributed by atoms with Crippen LogP contribution in [0, 0.1) is 0 Å². The summed E-state index contributed by atoms with van der Waals surface area (Å²) in [5.41, 5.74) is -0.750. The molecular weight excluding hydrogens is 258 g/mol. The maximum atomic E-state index is 11.8. The third kappa shape index (κ3) is 1.48. The standard InChI is InChI=1S/C12H6ClNO4/c13-5-1-2-7-6(3-5)11-10(12(17)14-7)8(15)4-9(16)18-11/h1-4,15H,(H,14,17). The highest BCUT2D eigenvalue weighted by molar-refractivity contribution is 6.31. The van der Waals surface area contributed by atoms with Gasteiger partial charge < -0.3 is 14.5 Å². The number of aromatic hydroxyl groups is 1. The molecule has 0 saturated carbocycles. The van der Waals surface area contributed by atoms with Crippen molar-refractivity contribution < 1.29 is 9.52 Å². The van der Waals surface area contributed by atoms with Crippen molar-refractivity contribution in [2.24, 2.45) is 0 Å². The van der Waals surface area contributed by atoms with E-state index in [2.05, 4.69) is 4.98 Å². The van der Waals surface area contributed by atoms with Crippen LogP contribution in [0.4, 0.5) is 0 Å². The van der Waals surface area contributed by atoms with Gasteiger partial charge in [-0.25, -0.2) is 4.79 Å². The third-order valence-electron chi connectivity index (χ3n) is 2.64. The van der Waals surface area contributed by atoms with Gasteiger partial charge in [-0.15, -0.1) is 0 Å². The van der Waals surface area contributed by atoms with E-state index in [9.17, 15) is 14.7 Å². The summed E-state index contributed by atoms with van der Waals surface area (Å²) in [4.78, 5) is 25.7. The normalized spacial score (nSPS) is 11.2. The van der Waals surface area contributed by atoms with Gasteiger partial charge in [0.2, 0.25) is 0 Å². The van der Waals surface area contributed by atoms with E-state index in [1.165, 1.54) is 0 Å². The Labute approximate surface area is 104 Å². The summed E-state index contributed by atoms with van der Waals surface area (Å²) < 4.78 is 5.00. The molecule has 2 heterocycles. The van der Waals surface area contributed by atoms with Crippen molar-refractivity contribution >= 4 is 33.5 Å². The van der Waals surface area contributed by atoms with Gasteiger partial charge in [-0.1, -0.05) is 11.6 Å². The van der Waals surface area contributed by atoms with E-state index in [1.807, 2.05) is 0 Å². The third-order valence-corrected chi connectivity index (χ3v) is 2.88. The van der Waals surface area contributed by atoms with Gasteiger partial charge in [-0.2, -0.15) is 0 Å². The molecule has 0 saturated heterocycles. The number of rotatable bonds is 0. The predicted octanol–water partition coefficient (Wildman–Crippen LogP) is 1.99. The summed E-state index contributed by atoms with van der Waals surface area (Å²) >= 11 is 5.86. The highest BCUT2D eigenvalue weighted by Gasteiger charge is 2.13. The molecule has 0 radical (unpaired) electrons. The van der Waals surface area contributed by atoms with E-state index in [1.54, 1.807) is 18.2 Å². The van der Waals surface area contributed by atoms with Gasteiger partial charge >= 0.3 is 5.63 Å². The molecule has 3 aromatic rings. The van der Waals surface area contributed by atoms with Crippen molar-refractivity contribution in [1.82, 2.24) is 4.98 Å². The number of hydrogen-bond acceptors (Lipinski definition) is 4. The molecule has 90 valence electrons. The zero-order chi connectivity index (χ0) is 12.9. The smallest absolute Gasteiger partial charge is 0.339 e. The maximum absolute atomic E-state index is 11.8. The number of aromatic nitrogens is 1. The van der Waals surface area contributed by atoms with Crippen molar-refractivity contribution in [3.63, 3.8) is 0 Å². The predicted molar refractivity (Wildman–Crippen MR) is 67.3 cm³/mol. The van der Waals surface area contributed by atoms with Crippen LogP contribution in [0.15, 0.2) is 38.3 Å². The summed E-state index contributed by atoms with van der Waals surface area (Å²) in [7, 11) is 0. The Hall–Kier alpha value is -2.27. The van der Waals surface area contributed by atoms with Crippen LogP contribution >= 0.6 is 11.6 Å². The molecule has 2 N–H and O–H groups in total. The van der Waals surface area contributed by atoms with Crippen LogP contribution in [-0.4, -0.2) is 10.1 Å². The second-order valence-corrected chi connectivity index (χ2v) is 4.24. The quantitative estimate of drug-likeness (QED) is 0.608. The van der Waals surface area contributed by atoms with Crippen molar-refractivity contribution in [3.05, 3.63) is 50.1 Å². The Balaban J connectivity index is 2.72. The fraction of sp³-hybridized carbons (Fsp3) is 0.